The monoisotopic (exact) mass is 1870 g/mol. The van der Waals surface area contributed by atoms with E-state index in [9.17, 15) is 0 Å². The molecular weight excluding hydrogens is 1750 g/mol. The molecule has 7 fully saturated rings. The molecule has 2 aromatic heterocycles. The van der Waals surface area contributed by atoms with Crippen LogP contribution < -0.4 is 5.46 Å². The summed E-state index contributed by atoms with van der Waals surface area (Å²) >= 11 is 8.52. The summed E-state index contributed by atoms with van der Waals surface area (Å²) in [6.07, 6.45) is 51.9. The van der Waals surface area contributed by atoms with Crippen LogP contribution >= 0.6 is 51.5 Å². The third-order valence-corrected chi connectivity index (χ3v) is 38.4. The Hall–Kier alpha value is -2.09. The van der Waals surface area contributed by atoms with E-state index in [2.05, 4.69) is 209 Å². The van der Waals surface area contributed by atoms with Gasteiger partial charge in [0.1, 0.15) is 10.0 Å². The average Bonchev–Trinajstić information content (AvgIpc) is 1.57. The fraction of sp³-hybridized carbons (Fsp3) is 0.578. The molecule has 0 amide bonds. The van der Waals surface area contributed by atoms with Crippen LogP contribution in [0.2, 0.25) is 0 Å². The number of aromatic nitrogens is 2. The van der Waals surface area contributed by atoms with Crippen molar-refractivity contribution in [2.45, 2.75) is 330 Å². The van der Waals surface area contributed by atoms with Crippen LogP contribution in [0, 0.1) is 6.07 Å². The van der Waals surface area contributed by atoms with Crippen LogP contribution in [0.25, 0.3) is 63.8 Å². The third kappa shape index (κ3) is 16.9. The van der Waals surface area contributed by atoms with Crippen LogP contribution in [-0.2, 0) is 61.5 Å². The van der Waals surface area contributed by atoms with Crippen LogP contribution in [0.4, 0.5) is 0 Å². The van der Waals surface area contributed by atoms with Crippen molar-refractivity contribution in [2.24, 2.45) is 0 Å². The number of fused-ring (bicyclic) bond motifs is 8. The number of hydrogen-bond acceptors (Lipinski definition) is 6. The van der Waals surface area contributed by atoms with Crippen molar-refractivity contribution in [3.63, 3.8) is 0 Å². The maximum atomic E-state index is 6.40. The molecule has 0 unspecified atom stereocenters. The SMILES string of the molecule is C1CCC([PH+](C2CCCCC2)C2CCCCC2)CC1.C1CCC([PH+](C2CCCCC2)C2CCCCC2)CC1.CCC1(CC)c2c[c-]ccc2-c2ccc(-c3nc4ccccc4s3)cc21.CCC1(CC)c2cc(B3OC(C)(C)C(C)(C)O3)ccc2-c2ccc(-c3nc4ccccc4s3)cc21.[Au+].[Br][Au]. The average molecular weight is 1870 g/mol. The fourth-order valence-electron chi connectivity index (χ4n) is 20.9. The van der Waals surface area contributed by atoms with E-state index in [1.165, 1.54) is 99.0 Å². The minimum atomic E-state index is -0.349. The molecule has 554 valence electrons. The van der Waals surface area contributed by atoms with Crippen molar-refractivity contribution in [3.8, 4) is 43.4 Å². The second-order valence-corrected chi connectivity index (χ2v) is 41.9. The molecule has 0 radical (unpaired) electrons. The Morgan fingerprint density at radius 1 is 0.422 bits per heavy atom. The Morgan fingerprint density at radius 3 is 1.08 bits per heavy atom. The first-order chi connectivity index (χ1) is 49.4. The van der Waals surface area contributed by atoms with Crippen LogP contribution in [0.1, 0.15) is 296 Å². The predicted octanol–water partition coefficient (Wildman–Crippen LogP) is 27.4. The second kappa shape index (κ2) is 36.6. The molecule has 12 heteroatoms. The van der Waals surface area contributed by atoms with Gasteiger partial charge in [0, 0.05) is 32.4 Å². The van der Waals surface area contributed by atoms with Gasteiger partial charge in [0.25, 0.3) is 0 Å². The standard InChI is InChI=1S/C30H32BNO2S.C24H20NS.2C18H33P.2Au.BrH/c1-7-30(8-2)23-17-19(27-32-25-11-9-10-12-26(25)35-27)13-15-21(23)22-16-14-20(18-24(22)30)31-33-28(3,4)29(5,6)34-31;1-3-24(4-2)19-10-6-5-9-17(19)18-14-13-16(15-20(18)24)23-25-21-11-7-8-12-22(21)26-23;2*1-4-10-16(11-5-1)19(17-12-6-2-7-13-17)18-14-8-3-9-15-18;;;/h9-18H,7-8H2,1-6H3;5,7-15H,3-4H2,1-2H3;2*16-18H,1-15H2;;;1H/q;-1;;;2*+1;/p+1. The Bertz CT molecular complexity index is 3750. The molecule has 102 heavy (non-hydrogen) atoms. The maximum absolute atomic E-state index is 6.40. The molecule has 1 aliphatic heterocycles. The number of thiazole rings is 2. The molecule has 8 aliphatic carbocycles. The van der Waals surface area contributed by atoms with Gasteiger partial charge in [0.05, 0.1) is 65.6 Å². The van der Waals surface area contributed by atoms with Gasteiger partial charge in [-0.3, -0.25) is 0 Å². The number of hydrogen-bond donors (Lipinski definition) is 0. The molecule has 3 heterocycles. The van der Waals surface area contributed by atoms with E-state index >= 15 is 0 Å². The van der Waals surface area contributed by atoms with E-state index in [0.717, 1.165) is 52.2 Å². The van der Waals surface area contributed by atoms with E-state index < -0.39 is 0 Å². The molecule has 0 bridgehead atoms. The Kier molecular flexibility index (Phi) is 28.5. The summed E-state index contributed by atoms with van der Waals surface area (Å²) in [5, 5.41) is 2.20. The molecule has 0 atom stereocenters. The summed E-state index contributed by atoms with van der Waals surface area (Å²) in [5.41, 5.74) is 23.5. The summed E-state index contributed by atoms with van der Waals surface area (Å²) < 4.78 is 15.3. The molecule has 17 rings (SSSR count). The Morgan fingerprint density at radius 2 is 0.735 bits per heavy atom. The van der Waals surface area contributed by atoms with Crippen molar-refractivity contribution in [1.82, 2.24) is 9.97 Å². The van der Waals surface area contributed by atoms with Gasteiger partial charge in [0.15, 0.2) is 0 Å². The van der Waals surface area contributed by atoms with Crippen molar-refractivity contribution >= 4 is 84.6 Å². The molecule has 6 aromatic carbocycles. The van der Waals surface area contributed by atoms with Crippen molar-refractivity contribution in [1.29, 1.82) is 0 Å². The predicted molar refractivity (Wildman–Crippen MR) is 445 cm³/mol. The van der Waals surface area contributed by atoms with Gasteiger partial charge < -0.3 is 9.31 Å². The van der Waals surface area contributed by atoms with Gasteiger partial charge in [-0.15, -0.1) is 33.8 Å². The molecule has 0 N–H and O–H groups in total. The molecule has 4 nitrogen and oxygen atoms in total. The minimum absolute atomic E-state index is 0. The van der Waals surface area contributed by atoms with Gasteiger partial charge in [0.2, 0.25) is 0 Å². The zero-order chi connectivity index (χ0) is 70.1. The number of para-hydroxylation sites is 2. The van der Waals surface area contributed by atoms with Crippen LogP contribution in [0.5, 0.6) is 0 Å². The van der Waals surface area contributed by atoms with E-state index in [1.807, 2.05) is 6.07 Å². The summed E-state index contributed by atoms with van der Waals surface area (Å²) in [6, 6.07) is 47.2. The summed E-state index contributed by atoms with van der Waals surface area (Å²) in [4.78, 5) is 9.81. The fourth-order valence-corrected chi connectivity index (χ4v) is 33.3. The van der Waals surface area contributed by atoms with Gasteiger partial charge in [-0.2, -0.15) is 24.3 Å². The van der Waals surface area contributed by atoms with Crippen molar-refractivity contribution < 1.29 is 50.6 Å². The van der Waals surface area contributed by atoms with Gasteiger partial charge in [-0.05, 0) is 275 Å². The van der Waals surface area contributed by atoms with Crippen LogP contribution in [0.3, 0.4) is 0 Å². The van der Waals surface area contributed by atoms with Gasteiger partial charge in [-0.25, -0.2) is 9.97 Å². The molecule has 1 saturated heterocycles. The Labute approximate surface area is 661 Å². The molecule has 9 aliphatic rings. The first-order valence-corrected chi connectivity index (χ1v) is 50.6. The third-order valence-electron chi connectivity index (χ3n) is 27.1. The van der Waals surface area contributed by atoms with Crippen molar-refractivity contribution in [2.75, 3.05) is 0 Å². The summed E-state index contributed by atoms with van der Waals surface area (Å²) in [5.74, 6) is 0. The number of benzene rings is 6. The van der Waals surface area contributed by atoms with Crippen molar-refractivity contribution in [3.05, 3.63) is 150 Å². The normalized spacial score (nSPS) is 21.1. The zero-order valence-electron chi connectivity index (χ0n) is 63.1. The molecule has 8 aromatic rings. The first-order valence-electron chi connectivity index (χ1n) is 40.7. The molecule has 0 spiro atoms. The summed E-state index contributed by atoms with van der Waals surface area (Å²) in [6.45, 7) is 17.7. The molecular formula is C90H120Au2BBrN2O2P2S2+2. The number of halogens is 1. The van der Waals surface area contributed by atoms with Gasteiger partial charge in [-0.1, -0.05) is 146 Å². The van der Waals surface area contributed by atoms with Gasteiger partial charge >= 0.3 is 61.5 Å². The number of nitrogens with zero attached hydrogens (tertiary/aromatic N) is 2. The van der Waals surface area contributed by atoms with Crippen LogP contribution in [-0.4, -0.2) is 62.2 Å². The van der Waals surface area contributed by atoms with E-state index in [1.54, 1.807) is 215 Å². The zero-order valence-corrected chi connectivity index (χ0v) is 72.7. The van der Waals surface area contributed by atoms with E-state index in [-0.39, 0.29) is 67.4 Å². The number of rotatable bonds is 13. The topological polar surface area (TPSA) is 44.2 Å². The summed E-state index contributed by atoms with van der Waals surface area (Å²) in [7, 11) is -0.441. The van der Waals surface area contributed by atoms with E-state index in [4.69, 9.17) is 19.3 Å². The Balaban J connectivity index is 0.000000131. The van der Waals surface area contributed by atoms with Crippen LogP contribution in [0.15, 0.2) is 121 Å². The first kappa shape index (κ1) is 79.5. The van der Waals surface area contributed by atoms with E-state index in [0.29, 0.717) is 0 Å². The molecule has 6 saturated carbocycles. The second-order valence-electron chi connectivity index (χ2n) is 32.9. The quantitative estimate of drug-likeness (QED) is 0.0656.